The summed E-state index contributed by atoms with van der Waals surface area (Å²) in [4.78, 5) is 0. The Bertz CT molecular complexity index is 644. The Morgan fingerprint density at radius 2 is 1.95 bits per heavy atom. The number of hydrogen-bond donors (Lipinski definition) is 2. The number of aliphatic hydroxyl groups excluding tert-OH is 1. The molecule has 0 saturated heterocycles. The van der Waals surface area contributed by atoms with Gasteiger partial charge in [0.15, 0.2) is 0 Å². The lowest BCUT2D eigenvalue weighted by Crippen LogP contribution is -2.01. The molecule has 1 rings (SSSR count). The molecular formula is C20H25NO. The van der Waals surface area contributed by atoms with Crippen molar-refractivity contribution in [2.24, 2.45) is 0 Å². The lowest BCUT2D eigenvalue weighted by molar-refractivity contribution is 0.417. The van der Waals surface area contributed by atoms with Gasteiger partial charge in [0.1, 0.15) is 0 Å². The maximum Gasteiger partial charge on any atom is 0.0969 e. The lowest BCUT2D eigenvalue weighted by atomic mass is 9.94. The minimum Gasteiger partial charge on any atom is -0.512 e. The number of aliphatic hydroxyl groups is 1. The van der Waals surface area contributed by atoms with Crippen molar-refractivity contribution in [2.75, 3.05) is 0 Å². The van der Waals surface area contributed by atoms with Crippen LogP contribution >= 0.6 is 0 Å². The van der Waals surface area contributed by atoms with Gasteiger partial charge in [0.2, 0.25) is 0 Å². The van der Waals surface area contributed by atoms with Crippen LogP contribution < -0.4 is 0 Å². The summed E-state index contributed by atoms with van der Waals surface area (Å²) in [5, 5.41) is 18.0. The molecule has 1 aromatic carbocycles. The van der Waals surface area contributed by atoms with Gasteiger partial charge in [-0.25, -0.2) is 0 Å². The third-order valence-electron chi connectivity index (χ3n) is 3.46. The van der Waals surface area contributed by atoms with Crippen LogP contribution in [0.3, 0.4) is 0 Å². The van der Waals surface area contributed by atoms with E-state index in [1.165, 1.54) is 0 Å². The van der Waals surface area contributed by atoms with Crippen molar-refractivity contribution >= 4 is 11.3 Å². The number of benzene rings is 1. The van der Waals surface area contributed by atoms with Crippen LogP contribution in [0.2, 0.25) is 0 Å². The highest BCUT2D eigenvalue weighted by Gasteiger charge is 2.09. The van der Waals surface area contributed by atoms with Crippen LogP contribution in [0.1, 0.15) is 43.4 Å². The first-order chi connectivity index (χ1) is 10.4. The standard InChI is InChI=1S/C20H25NO/c1-6-7-8-19(16(5)22)18-11-10-17(13-15(18)4)20(21)12-9-14(2)3/h6-8,10-11,13,21-22H,1-2,9,12H2,3-5H3/b8-7-,19-16-,21-20?. The van der Waals surface area contributed by atoms with Crippen LogP contribution in [-0.2, 0) is 0 Å². The van der Waals surface area contributed by atoms with E-state index in [0.29, 0.717) is 12.1 Å². The summed E-state index contributed by atoms with van der Waals surface area (Å²) >= 11 is 0. The van der Waals surface area contributed by atoms with Crippen molar-refractivity contribution in [1.82, 2.24) is 0 Å². The van der Waals surface area contributed by atoms with E-state index in [1.807, 2.05) is 38.1 Å². The molecule has 0 bridgehead atoms. The maximum absolute atomic E-state index is 9.88. The Kier molecular flexibility index (Phi) is 6.58. The Morgan fingerprint density at radius 1 is 1.27 bits per heavy atom. The van der Waals surface area contributed by atoms with E-state index < -0.39 is 0 Å². The summed E-state index contributed by atoms with van der Waals surface area (Å²) < 4.78 is 0. The summed E-state index contributed by atoms with van der Waals surface area (Å²) in [6.07, 6.45) is 6.86. The molecule has 2 N–H and O–H groups in total. The van der Waals surface area contributed by atoms with Crippen molar-refractivity contribution in [3.05, 3.63) is 77.6 Å². The Morgan fingerprint density at radius 3 is 2.45 bits per heavy atom. The SMILES string of the molecule is C=C/C=C\C(=C(/C)O)c1ccc(C(=N)CCC(=C)C)cc1C. The maximum atomic E-state index is 9.88. The fraction of sp³-hybridized carbons (Fsp3) is 0.250. The van der Waals surface area contributed by atoms with Crippen molar-refractivity contribution in [3.8, 4) is 0 Å². The largest absolute Gasteiger partial charge is 0.512 e. The van der Waals surface area contributed by atoms with Crippen LogP contribution in [0.15, 0.2) is 60.9 Å². The van der Waals surface area contributed by atoms with Gasteiger partial charge in [0, 0.05) is 11.3 Å². The topological polar surface area (TPSA) is 44.1 Å². The summed E-state index contributed by atoms with van der Waals surface area (Å²) in [6.45, 7) is 13.2. The van der Waals surface area contributed by atoms with E-state index in [9.17, 15) is 5.11 Å². The molecule has 0 aliphatic heterocycles. The predicted molar refractivity (Wildman–Crippen MR) is 96.6 cm³/mol. The molecule has 0 aromatic heterocycles. The van der Waals surface area contributed by atoms with Gasteiger partial charge in [-0.15, -0.1) is 6.58 Å². The van der Waals surface area contributed by atoms with Gasteiger partial charge < -0.3 is 10.5 Å². The highest BCUT2D eigenvalue weighted by molar-refractivity contribution is 5.99. The molecule has 116 valence electrons. The minimum absolute atomic E-state index is 0.270. The highest BCUT2D eigenvalue weighted by Crippen LogP contribution is 2.24. The average molecular weight is 295 g/mol. The van der Waals surface area contributed by atoms with E-state index in [-0.39, 0.29) is 5.76 Å². The third kappa shape index (κ3) is 4.88. The van der Waals surface area contributed by atoms with E-state index >= 15 is 0 Å². The second kappa shape index (κ2) is 8.18. The normalized spacial score (nSPS) is 12.1. The van der Waals surface area contributed by atoms with Crippen LogP contribution in [-0.4, -0.2) is 10.8 Å². The molecule has 0 aliphatic carbocycles. The minimum atomic E-state index is 0.270. The molecule has 0 saturated carbocycles. The van der Waals surface area contributed by atoms with E-state index in [4.69, 9.17) is 5.41 Å². The van der Waals surface area contributed by atoms with Gasteiger partial charge in [-0.3, -0.25) is 0 Å². The molecule has 0 spiro atoms. The van der Waals surface area contributed by atoms with Crippen molar-refractivity contribution in [1.29, 1.82) is 5.41 Å². The number of hydrogen-bond acceptors (Lipinski definition) is 2. The molecular weight excluding hydrogens is 270 g/mol. The first-order valence-electron chi connectivity index (χ1n) is 7.39. The van der Waals surface area contributed by atoms with Crippen LogP contribution in [0.5, 0.6) is 0 Å². The molecule has 0 unspecified atom stereocenters. The number of nitrogens with one attached hydrogen (secondary N) is 1. The fourth-order valence-electron chi connectivity index (χ4n) is 2.21. The number of aryl methyl sites for hydroxylation is 1. The van der Waals surface area contributed by atoms with Crippen LogP contribution in [0.25, 0.3) is 5.57 Å². The van der Waals surface area contributed by atoms with Gasteiger partial charge in [0.05, 0.1) is 5.76 Å². The first kappa shape index (κ1) is 17.7. The Hall–Kier alpha value is -2.35. The fourth-order valence-corrected chi connectivity index (χ4v) is 2.21. The summed E-state index contributed by atoms with van der Waals surface area (Å²) in [5.74, 6) is 0.270. The Balaban J connectivity index is 3.10. The van der Waals surface area contributed by atoms with Gasteiger partial charge in [-0.2, -0.15) is 0 Å². The average Bonchev–Trinajstić information content (AvgIpc) is 2.46. The van der Waals surface area contributed by atoms with E-state index in [1.54, 1.807) is 19.1 Å². The van der Waals surface area contributed by atoms with Gasteiger partial charge in [-0.05, 0) is 56.4 Å². The summed E-state index contributed by atoms with van der Waals surface area (Å²) in [6, 6.07) is 5.90. The zero-order valence-electron chi connectivity index (χ0n) is 13.7. The quantitative estimate of drug-likeness (QED) is 0.286. The zero-order valence-corrected chi connectivity index (χ0v) is 13.7. The number of allylic oxidation sites excluding steroid dienone is 6. The predicted octanol–water partition coefficient (Wildman–Crippen LogP) is 5.75. The molecule has 22 heavy (non-hydrogen) atoms. The molecule has 0 aliphatic rings. The molecule has 0 radical (unpaired) electrons. The molecule has 0 amide bonds. The molecule has 2 heteroatoms. The third-order valence-corrected chi connectivity index (χ3v) is 3.46. The number of rotatable bonds is 7. The highest BCUT2D eigenvalue weighted by atomic mass is 16.3. The zero-order chi connectivity index (χ0) is 16.7. The van der Waals surface area contributed by atoms with E-state index in [2.05, 4.69) is 13.2 Å². The van der Waals surface area contributed by atoms with Gasteiger partial charge in [0.25, 0.3) is 0 Å². The van der Waals surface area contributed by atoms with E-state index in [0.717, 1.165) is 34.3 Å². The summed E-state index contributed by atoms with van der Waals surface area (Å²) in [5.41, 5.74) is 5.41. The molecule has 1 aromatic rings. The first-order valence-corrected chi connectivity index (χ1v) is 7.39. The second-order valence-corrected chi connectivity index (χ2v) is 5.56. The second-order valence-electron chi connectivity index (χ2n) is 5.56. The lowest BCUT2D eigenvalue weighted by Gasteiger charge is -2.11. The van der Waals surface area contributed by atoms with Gasteiger partial charge in [-0.1, -0.05) is 42.5 Å². The van der Waals surface area contributed by atoms with Crippen molar-refractivity contribution in [3.63, 3.8) is 0 Å². The monoisotopic (exact) mass is 295 g/mol. The molecule has 0 fully saturated rings. The van der Waals surface area contributed by atoms with Crippen LogP contribution in [0.4, 0.5) is 0 Å². The summed E-state index contributed by atoms with van der Waals surface area (Å²) in [7, 11) is 0. The van der Waals surface area contributed by atoms with Crippen LogP contribution in [0, 0.1) is 12.3 Å². The smallest absolute Gasteiger partial charge is 0.0969 e. The molecule has 0 atom stereocenters. The van der Waals surface area contributed by atoms with Crippen molar-refractivity contribution < 1.29 is 5.11 Å². The molecule has 2 nitrogen and oxygen atoms in total. The molecule has 0 heterocycles. The van der Waals surface area contributed by atoms with Crippen molar-refractivity contribution in [2.45, 2.75) is 33.6 Å². The van der Waals surface area contributed by atoms with Gasteiger partial charge >= 0.3 is 0 Å². The Labute approximate surface area is 133 Å².